The molecule has 154 valence electrons. The zero-order chi connectivity index (χ0) is 20.1. The van der Waals surface area contributed by atoms with Gasteiger partial charge in [-0.1, -0.05) is 30.3 Å². The lowest BCUT2D eigenvalue weighted by molar-refractivity contribution is 0.0626. The van der Waals surface area contributed by atoms with Crippen molar-refractivity contribution >= 4 is 21.8 Å². The van der Waals surface area contributed by atoms with Gasteiger partial charge < -0.3 is 14.4 Å². The molecule has 1 unspecified atom stereocenters. The first kappa shape index (κ1) is 20.4. The van der Waals surface area contributed by atoms with Crippen LogP contribution in [-0.2, 0) is 11.3 Å². The Bertz CT molecular complexity index is 816. The number of hydrogen-bond donors (Lipinski definition) is 0. The zero-order valence-electron chi connectivity index (χ0n) is 16.6. The SMILES string of the molecule is O=C(c1ccc(OCC2CCCO2)c(Br)c1)N1CCN(Cc2ccccc2)CC1. The fourth-order valence-corrected chi connectivity index (χ4v) is 4.34. The molecule has 6 heteroatoms. The molecule has 2 fully saturated rings. The number of ether oxygens (including phenoxy) is 2. The third kappa shape index (κ3) is 5.38. The lowest BCUT2D eigenvalue weighted by Crippen LogP contribution is -2.48. The minimum Gasteiger partial charge on any atom is -0.490 e. The van der Waals surface area contributed by atoms with Crippen LogP contribution in [0.4, 0.5) is 0 Å². The highest BCUT2D eigenvalue weighted by molar-refractivity contribution is 9.10. The third-order valence-corrected chi connectivity index (χ3v) is 6.16. The maximum absolute atomic E-state index is 12.9. The number of piperazine rings is 1. The Kier molecular flexibility index (Phi) is 6.85. The first-order valence-electron chi connectivity index (χ1n) is 10.3. The van der Waals surface area contributed by atoms with E-state index in [2.05, 4.69) is 45.1 Å². The van der Waals surface area contributed by atoms with E-state index in [-0.39, 0.29) is 12.0 Å². The van der Waals surface area contributed by atoms with E-state index in [1.807, 2.05) is 29.2 Å². The van der Waals surface area contributed by atoms with Crippen LogP contribution in [0.15, 0.2) is 53.0 Å². The average Bonchev–Trinajstić information content (AvgIpc) is 3.27. The van der Waals surface area contributed by atoms with E-state index < -0.39 is 0 Å². The molecule has 0 N–H and O–H groups in total. The monoisotopic (exact) mass is 458 g/mol. The van der Waals surface area contributed by atoms with E-state index in [0.29, 0.717) is 12.2 Å². The molecule has 0 radical (unpaired) electrons. The van der Waals surface area contributed by atoms with Crippen LogP contribution < -0.4 is 4.74 Å². The van der Waals surface area contributed by atoms with Crippen LogP contribution in [-0.4, -0.2) is 61.2 Å². The Hall–Kier alpha value is -1.89. The molecule has 0 aromatic heterocycles. The molecule has 1 amide bonds. The molecular weight excluding hydrogens is 432 g/mol. The van der Waals surface area contributed by atoms with Crippen LogP contribution in [0.5, 0.6) is 5.75 Å². The molecule has 2 aromatic carbocycles. The predicted octanol–water partition coefficient (Wildman–Crippen LogP) is 3.96. The Morgan fingerprint density at radius 3 is 2.59 bits per heavy atom. The van der Waals surface area contributed by atoms with Crippen LogP contribution in [0.1, 0.15) is 28.8 Å². The molecule has 0 aliphatic carbocycles. The van der Waals surface area contributed by atoms with Gasteiger partial charge in [0.05, 0.1) is 10.6 Å². The summed E-state index contributed by atoms with van der Waals surface area (Å²) in [6.07, 6.45) is 2.32. The van der Waals surface area contributed by atoms with Crippen molar-refractivity contribution in [1.29, 1.82) is 0 Å². The highest BCUT2D eigenvalue weighted by atomic mass is 79.9. The highest BCUT2D eigenvalue weighted by Crippen LogP contribution is 2.28. The fourth-order valence-electron chi connectivity index (χ4n) is 3.84. The second-order valence-electron chi connectivity index (χ2n) is 7.65. The molecule has 2 aromatic rings. The lowest BCUT2D eigenvalue weighted by Gasteiger charge is -2.34. The number of nitrogens with zero attached hydrogens (tertiary/aromatic N) is 2. The average molecular weight is 459 g/mol. The van der Waals surface area contributed by atoms with Crippen LogP contribution in [0.3, 0.4) is 0 Å². The topological polar surface area (TPSA) is 42.0 Å². The van der Waals surface area contributed by atoms with E-state index >= 15 is 0 Å². The minimum absolute atomic E-state index is 0.0794. The van der Waals surface area contributed by atoms with Gasteiger partial charge in [0, 0.05) is 44.9 Å². The van der Waals surface area contributed by atoms with Gasteiger partial charge in [-0.25, -0.2) is 0 Å². The molecule has 0 bridgehead atoms. The van der Waals surface area contributed by atoms with Crippen molar-refractivity contribution in [1.82, 2.24) is 9.80 Å². The number of carbonyl (C=O) groups is 1. The van der Waals surface area contributed by atoms with Crippen molar-refractivity contribution in [3.8, 4) is 5.75 Å². The molecule has 1 atom stereocenters. The maximum Gasteiger partial charge on any atom is 0.253 e. The van der Waals surface area contributed by atoms with E-state index in [9.17, 15) is 4.79 Å². The summed E-state index contributed by atoms with van der Waals surface area (Å²) in [5.74, 6) is 0.834. The molecule has 5 nitrogen and oxygen atoms in total. The standard InChI is InChI=1S/C23H27BrN2O3/c24-21-15-19(8-9-22(21)29-17-20-7-4-14-28-20)23(27)26-12-10-25(11-13-26)16-18-5-2-1-3-6-18/h1-3,5-6,8-9,15,20H,4,7,10-14,16-17H2. The third-order valence-electron chi connectivity index (χ3n) is 5.54. The summed E-state index contributed by atoms with van der Waals surface area (Å²) < 4.78 is 12.3. The van der Waals surface area contributed by atoms with Gasteiger partial charge in [0.2, 0.25) is 0 Å². The quantitative estimate of drug-likeness (QED) is 0.656. The van der Waals surface area contributed by atoms with Gasteiger partial charge in [0.25, 0.3) is 5.91 Å². The predicted molar refractivity (Wildman–Crippen MR) is 116 cm³/mol. The van der Waals surface area contributed by atoms with Gasteiger partial charge in [-0.2, -0.15) is 0 Å². The molecule has 2 aliphatic heterocycles. The summed E-state index contributed by atoms with van der Waals surface area (Å²) in [6, 6.07) is 16.1. The van der Waals surface area contributed by atoms with Crippen molar-refractivity contribution in [3.05, 3.63) is 64.1 Å². The Morgan fingerprint density at radius 2 is 1.90 bits per heavy atom. The van der Waals surface area contributed by atoms with Crippen LogP contribution >= 0.6 is 15.9 Å². The largest absolute Gasteiger partial charge is 0.490 e. The fraction of sp³-hybridized carbons (Fsp3) is 0.435. The summed E-state index contributed by atoms with van der Waals surface area (Å²) in [4.78, 5) is 17.3. The summed E-state index contributed by atoms with van der Waals surface area (Å²) in [7, 11) is 0. The van der Waals surface area contributed by atoms with Crippen molar-refractivity contribution in [2.24, 2.45) is 0 Å². The number of halogens is 1. The van der Waals surface area contributed by atoms with E-state index in [1.165, 1.54) is 5.56 Å². The second kappa shape index (κ2) is 9.74. The molecule has 4 rings (SSSR count). The molecule has 29 heavy (non-hydrogen) atoms. The van der Waals surface area contributed by atoms with Gasteiger partial charge >= 0.3 is 0 Å². The number of amides is 1. The number of benzene rings is 2. The molecule has 0 saturated carbocycles. The van der Waals surface area contributed by atoms with Crippen molar-refractivity contribution in [2.75, 3.05) is 39.4 Å². The van der Waals surface area contributed by atoms with E-state index in [1.54, 1.807) is 0 Å². The Balaban J connectivity index is 1.29. The van der Waals surface area contributed by atoms with Gasteiger partial charge in [0.15, 0.2) is 0 Å². The van der Waals surface area contributed by atoms with Crippen LogP contribution in [0, 0.1) is 0 Å². The summed E-state index contributed by atoms with van der Waals surface area (Å²) >= 11 is 3.55. The first-order chi connectivity index (χ1) is 14.2. The molecule has 0 spiro atoms. The second-order valence-corrected chi connectivity index (χ2v) is 8.50. The first-order valence-corrected chi connectivity index (χ1v) is 11.1. The number of carbonyl (C=O) groups excluding carboxylic acids is 1. The van der Waals surface area contributed by atoms with Gasteiger partial charge in [-0.15, -0.1) is 0 Å². The summed E-state index contributed by atoms with van der Waals surface area (Å²) in [6.45, 7) is 5.59. The lowest BCUT2D eigenvalue weighted by atomic mass is 10.1. The van der Waals surface area contributed by atoms with E-state index in [4.69, 9.17) is 9.47 Å². The summed E-state index contributed by atoms with van der Waals surface area (Å²) in [5, 5.41) is 0. The Labute approximate surface area is 180 Å². The van der Waals surface area contributed by atoms with Gasteiger partial charge in [0.1, 0.15) is 12.4 Å². The summed E-state index contributed by atoms with van der Waals surface area (Å²) in [5.41, 5.74) is 2.01. The zero-order valence-corrected chi connectivity index (χ0v) is 18.1. The molecule has 2 aliphatic rings. The molecular formula is C23H27BrN2O3. The van der Waals surface area contributed by atoms with Crippen LogP contribution in [0.25, 0.3) is 0 Å². The van der Waals surface area contributed by atoms with Gasteiger partial charge in [-0.3, -0.25) is 9.69 Å². The van der Waals surface area contributed by atoms with E-state index in [0.717, 1.165) is 62.4 Å². The normalized spacial score (nSPS) is 20.0. The molecule has 2 heterocycles. The smallest absolute Gasteiger partial charge is 0.253 e. The van der Waals surface area contributed by atoms with Gasteiger partial charge in [-0.05, 0) is 52.5 Å². The number of hydrogen-bond acceptors (Lipinski definition) is 4. The maximum atomic E-state index is 12.9. The van der Waals surface area contributed by atoms with Crippen molar-refractivity contribution < 1.29 is 14.3 Å². The minimum atomic E-state index is 0.0794. The van der Waals surface area contributed by atoms with Crippen molar-refractivity contribution in [3.63, 3.8) is 0 Å². The van der Waals surface area contributed by atoms with Crippen LogP contribution in [0.2, 0.25) is 0 Å². The molecule has 2 saturated heterocycles. The Morgan fingerprint density at radius 1 is 1.10 bits per heavy atom. The highest BCUT2D eigenvalue weighted by Gasteiger charge is 2.23. The number of rotatable bonds is 6. The van der Waals surface area contributed by atoms with Crippen molar-refractivity contribution in [2.45, 2.75) is 25.5 Å².